The van der Waals surface area contributed by atoms with Gasteiger partial charge in [0.2, 0.25) is 0 Å². The Morgan fingerprint density at radius 3 is 0.684 bits per heavy atom. The molecule has 38 heavy (non-hydrogen) atoms. The van der Waals surface area contributed by atoms with Gasteiger partial charge in [-0.15, -0.1) is 0 Å². The number of unbranched alkanes of at least 4 members (excludes halogenated alkanes) is 29. The molecule has 0 atom stereocenters. The summed E-state index contributed by atoms with van der Waals surface area (Å²) in [7, 11) is 0. The van der Waals surface area contributed by atoms with Crippen molar-refractivity contribution in [2.45, 2.75) is 226 Å². The van der Waals surface area contributed by atoms with E-state index in [0.717, 1.165) is 18.6 Å². The first-order valence-electron chi connectivity index (χ1n) is 18.1. The summed E-state index contributed by atoms with van der Waals surface area (Å²) < 4.78 is 0. The first-order chi connectivity index (χ1) is 18.8. The highest BCUT2D eigenvalue weighted by atomic mass is 16.4. The van der Waals surface area contributed by atoms with Crippen molar-refractivity contribution in [3.05, 3.63) is 5.21 Å². The molecule has 0 aliphatic carbocycles. The Morgan fingerprint density at radius 1 is 0.316 bits per heavy atom. The van der Waals surface area contributed by atoms with Crippen LogP contribution in [0.15, 0.2) is 0 Å². The molecular formula is C36H73NO. The lowest BCUT2D eigenvalue weighted by Gasteiger charge is -2.05. The molecule has 0 aliphatic heterocycles. The number of rotatable bonds is 33. The Labute approximate surface area is 241 Å². The van der Waals surface area contributed by atoms with E-state index in [9.17, 15) is 5.21 Å². The molecule has 0 radical (unpaired) electrons. The van der Waals surface area contributed by atoms with Crippen molar-refractivity contribution in [2.75, 3.05) is 0 Å². The standard InChI is InChI=1S/C36H73NO/c1-3-5-7-9-11-13-15-17-19-21-23-25-27-29-31-33-35-36(37-38)34-32-30-28-26-24-22-20-18-16-14-12-10-8-6-4-2/h37H,3-35H2,1-2H3. The fourth-order valence-corrected chi connectivity index (χ4v) is 5.82. The minimum absolute atomic E-state index is 1.00. The molecule has 0 bridgehead atoms. The molecule has 0 saturated carbocycles. The lowest BCUT2D eigenvalue weighted by molar-refractivity contribution is -0.376. The highest BCUT2D eigenvalue weighted by Gasteiger charge is 2.05. The van der Waals surface area contributed by atoms with Crippen molar-refractivity contribution in [3.63, 3.8) is 0 Å². The molecule has 0 aromatic heterocycles. The maximum atomic E-state index is 11.3. The van der Waals surface area contributed by atoms with E-state index in [4.69, 9.17) is 0 Å². The molecule has 2 nitrogen and oxygen atoms in total. The van der Waals surface area contributed by atoms with E-state index in [1.54, 1.807) is 0 Å². The van der Waals surface area contributed by atoms with Crippen LogP contribution in [0.3, 0.4) is 0 Å². The summed E-state index contributed by atoms with van der Waals surface area (Å²) in [5, 5.41) is 13.6. The van der Waals surface area contributed by atoms with Gasteiger partial charge in [0.15, 0.2) is 5.71 Å². The highest BCUT2D eigenvalue weighted by Crippen LogP contribution is 2.16. The average Bonchev–Trinajstić information content (AvgIpc) is 2.93. The maximum absolute atomic E-state index is 11.3. The number of hydrogen-bond acceptors (Lipinski definition) is 1. The minimum Gasteiger partial charge on any atom is -0.625 e. The van der Waals surface area contributed by atoms with Gasteiger partial charge in [0.25, 0.3) is 0 Å². The van der Waals surface area contributed by atoms with Crippen molar-refractivity contribution < 1.29 is 5.16 Å². The van der Waals surface area contributed by atoms with Gasteiger partial charge in [-0.1, -0.05) is 200 Å². The predicted molar refractivity (Wildman–Crippen MR) is 173 cm³/mol. The quantitative estimate of drug-likeness (QED) is 0.0386. The van der Waals surface area contributed by atoms with Crippen LogP contribution in [0, 0.1) is 5.21 Å². The van der Waals surface area contributed by atoms with Crippen molar-refractivity contribution in [1.29, 1.82) is 0 Å². The summed E-state index contributed by atoms with van der Waals surface area (Å²) in [6, 6.07) is 0. The van der Waals surface area contributed by atoms with E-state index >= 15 is 0 Å². The lowest BCUT2D eigenvalue weighted by Crippen LogP contribution is -2.65. The third-order valence-corrected chi connectivity index (χ3v) is 8.56. The summed E-state index contributed by atoms with van der Waals surface area (Å²) in [5.41, 5.74) is 1.06. The van der Waals surface area contributed by atoms with Gasteiger partial charge in [-0.25, -0.2) is 5.16 Å². The second-order valence-corrected chi connectivity index (χ2v) is 12.5. The molecule has 0 spiro atoms. The number of nitrogens with one attached hydrogen (secondary N) is 1. The van der Waals surface area contributed by atoms with Gasteiger partial charge < -0.3 is 5.21 Å². The Morgan fingerprint density at radius 2 is 0.500 bits per heavy atom. The van der Waals surface area contributed by atoms with E-state index in [1.165, 1.54) is 199 Å². The highest BCUT2D eigenvalue weighted by molar-refractivity contribution is 5.78. The molecule has 0 heterocycles. The molecular weight excluding hydrogens is 462 g/mol. The van der Waals surface area contributed by atoms with Gasteiger partial charge in [-0.05, 0) is 12.8 Å². The molecule has 0 aliphatic rings. The van der Waals surface area contributed by atoms with E-state index in [-0.39, 0.29) is 0 Å². The van der Waals surface area contributed by atoms with Gasteiger partial charge >= 0.3 is 0 Å². The summed E-state index contributed by atoms with van der Waals surface area (Å²) >= 11 is 0. The van der Waals surface area contributed by atoms with E-state index in [0.29, 0.717) is 0 Å². The summed E-state index contributed by atoms with van der Waals surface area (Å²) in [4.78, 5) is 0. The normalized spacial score (nSPS) is 12.0. The summed E-state index contributed by atoms with van der Waals surface area (Å²) in [6.45, 7) is 4.59. The van der Waals surface area contributed by atoms with Crippen LogP contribution in [0.4, 0.5) is 0 Å². The smallest absolute Gasteiger partial charge is 0.161 e. The van der Waals surface area contributed by atoms with Gasteiger partial charge in [0.1, 0.15) is 0 Å². The van der Waals surface area contributed by atoms with Crippen LogP contribution >= 0.6 is 0 Å². The van der Waals surface area contributed by atoms with Crippen LogP contribution < -0.4 is 5.16 Å². The van der Waals surface area contributed by atoms with Crippen LogP contribution in [0.5, 0.6) is 0 Å². The molecule has 0 amide bonds. The second-order valence-electron chi connectivity index (χ2n) is 12.5. The third-order valence-electron chi connectivity index (χ3n) is 8.56. The fraction of sp³-hybridized carbons (Fsp3) is 0.972. The van der Waals surface area contributed by atoms with Crippen LogP contribution in [-0.2, 0) is 0 Å². The molecule has 2 heteroatoms. The molecule has 0 aromatic rings. The Hall–Kier alpha value is -0.530. The minimum atomic E-state index is 1.00. The number of hydrogen-bond donors (Lipinski definition) is 1. The van der Waals surface area contributed by atoms with Crippen molar-refractivity contribution >= 4 is 5.71 Å². The molecule has 0 unspecified atom stereocenters. The average molecular weight is 536 g/mol. The molecule has 0 rings (SSSR count). The first kappa shape index (κ1) is 37.5. The van der Waals surface area contributed by atoms with Crippen molar-refractivity contribution in [1.82, 2.24) is 0 Å². The van der Waals surface area contributed by atoms with Crippen LogP contribution in [0.2, 0.25) is 0 Å². The monoisotopic (exact) mass is 536 g/mol. The van der Waals surface area contributed by atoms with Gasteiger partial charge in [0.05, 0.1) is 0 Å². The van der Waals surface area contributed by atoms with E-state index in [2.05, 4.69) is 19.0 Å². The molecule has 0 aromatic carbocycles. The Kier molecular flexibility index (Phi) is 34.0. The molecule has 1 N–H and O–H groups in total. The zero-order valence-corrected chi connectivity index (χ0v) is 26.7. The van der Waals surface area contributed by atoms with Crippen molar-refractivity contribution in [3.8, 4) is 0 Å². The van der Waals surface area contributed by atoms with Crippen LogP contribution in [0.25, 0.3) is 0 Å². The first-order valence-corrected chi connectivity index (χ1v) is 18.1. The predicted octanol–water partition coefficient (Wildman–Crippen LogP) is 11.9. The van der Waals surface area contributed by atoms with Crippen LogP contribution in [0.1, 0.15) is 226 Å². The summed E-state index contributed by atoms with van der Waals surface area (Å²) in [5.74, 6) is 0. The SMILES string of the molecule is CCCCCCCCCCCCCCCCCCC(CCCCCCCCCCCCCCCCC)=[NH+][O-]. The zero-order valence-electron chi connectivity index (χ0n) is 26.7. The largest absolute Gasteiger partial charge is 0.625 e. The molecule has 228 valence electrons. The van der Waals surface area contributed by atoms with Gasteiger partial charge in [-0.3, -0.25) is 0 Å². The Bertz CT molecular complexity index is 447. The zero-order chi connectivity index (χ0) is 27.6. The topological polar surface area (TPSA) is 37.0 Å². The van der Waals surface area contributed by atoms with E-state index < -0.39 is 0 Å². The Balaban J connectivity index is 3.26. The van der Waals surface area contributed by atoms with E-state index in [1.807, 2.05) is 0 Å². The lowest BCUT2D eigenvalue weighted by atomic mass is 10.0. The van der Waals surface area contributed by atoms with Gasteiger partial charge in [0, 0.05) is 12.8 Å². The maximum Gasteiger partial charge on any atom is 0.161 e. The molecule has 0 saturated heterocycles. The third kappa shape index (κ3) is 31.7. The van der Waals surface area contributed by atoms with Crippen LogP contribution in [-0.4, -0.2) is 5.71 Å². The fourth-order valence-electron chi connectivity index (χ4n) is 5.82. The van der Waals surface area contributed by atoms with Gasteiger partial charge in [-0.2, -0.15) is 0 Å². The van der Waals surface area contributed by atoms with Crippen molar-refractivity contribution in [2.24, 2.45) is 0 Å². The second kappa shape index (κ2) is 34.5. The molecule has 0 fully saturated rings. The summed E-state index contributed by atoms with van der Waals surface area (Å²) in [6.07, 6.45) is 45.4.